The molecule has 1 heterocycles. The molecule has 0 aromatic heterocycles. The lowest BCUT2D eigenvalue weighted by atomic mass is 10.1. The van der Waals surface area contributed by atoms with Gasteiger partial charge < -0.3 is 10.1 Å². The third kappa shape index (κ3) is 3.16. The number of carbonyl (C=O) groups is 1. The summed E-state index contributed by atoms with van der Waals surface area (Å²) in [5, 5.41) is 6.02. The highest BCUT2D eigenvalue weighted by Gasteiger charge is 2.18. The number of nitrogens with one attached hydrogen (secondary N) is 2. The van der Waals surface area contributed by atoms with Crippen LogP contribution >= 0.6 is 15.9 Å². The van der Waals surface area contributed by atoms with Crippen LogP contribution in [0.2, 0.25) is 0 Å². The summed E-state index contributed by atoms with van der Waals surface area (Å²) in [7, 11) is 0. The van der Waals surface area contributed by atoms with Gasteiger partial charge in [0.1, 0.15) is 5.60 Å². The number of benzene rings is 1. The molecule has 18 heavy (non-hydrogen) atoms. The summed E-state index contributed by atoms with van der Waals surface area (Å²) in [5.41, 5.74) is 2.56. The molecule has 0 bridgehead atoms. The van der Waals surface area contributed by atoms with Gasteiger partial charge in [0, 0.05) is 16.7 Å². The number of ether oxygens (including phenoxy) is 1. The van der Waals surface area contributed by atoms with Crippen molar-refractivity contribution in [2.24, 2.45) is 0 Å². The summed E-state index contributed by atoms with van der Waals surface area (Å²) in [5.74, 6) is 0. The highest BCUT2D eigenvalue weighted by molar-refractivity contribution is 9.10. The monoisotopic (exact) mass is 312 g/mol. The molecule has 0 aliphatic carbocycles. The molecule has 2 rings (SSSR count). The van der Waals surface area contributed by atoms with Gasteiger partial charge in [-0.25, -0.2) is 4.79 Å². The average Bonchev–Trinajstić information content (AvgIpc) is 2.62. The van der Waals surface area contributed by atoms with Crippen molar-refractivity contribution in [1.29, 1.82) is 0 Å². The summed E-state index contributed by atoms with van der Waals surface area (Å²) < 4.78 is 6.10. The van der Waals surface area contributed by atoms with Gasteiger partial charge >= 0.3 is 6.09 Å². The van der Waals surface area contributed by atoms with Crippen molar-refractivity contribution in [1.82, 2.24) is 0 Å². The lowest BCUT2D eigenvalue weighted by Crippen LogP contribution is -2.27. The van der Waals surface area contributed by atoms with E-state index in [1.165, 1.54) is 5.56 Å². The Morgan fingerprint density at radius 1 is 1.44 bits per heavy atom. The minimum atomic E-state index is -0.495. The standard InChI is InChI=1S/C13H17BrN2O2/c1-13(2,3)18-12(17)16-11-7-10-8(4-5-15-10)6-9(11)14/h6-7,15H,4-5H2,1-3H3,(H,16,17). The molecule has 0 spiro atoms. The average molecular weight is 313 g/mol. The van der Waals surface area contributed by atoms with Crippen molar-refractivity contribution in [3.63, 3.8) is 0 Å². The van der Waals surface area contributed by atoms with Gasteiger partial charge in [0.25, 0.3) is 0 Å². The zero-order valence-electron chi connectivity index (χ0n) is 10.8. The first kappa shape index (κ1) is 13.2. The van der Waals surface area contributed by atoms with Gasteiger partial charge in [0.05, 0.1) is 5.69 Å². The molecule has 1 aliphatic heterocycles. The molecule has 1 aromatic rings. The number of hydrogen-bond donors (Lipinski definition) is 2. The van der Waals surface area contributed by atoms with E-state index in [0.29, 0.717) is 0 Å². The Bertz CT molecular complexity index is 481. The molecule has 0 fully saturated rings. The summed E-state index contributed by atoms with van der Waals surface area (Å²) in [4.78, 5) is 11.7. The van der Waals surface area contributed by atoms with E-state index < -0.39 is 11.7 Å². The van der Waals surface area contributed by atoms with Crippen LogP contribution in [-0.2, 0) is 11.2 Å². The van der Waals surface area contributed by atoms with E-state index in [2.05, 4.69) is 26.6 Å². The second-order valence-electron chi connectivity index (χ2n) is 5.29. The molecule has 1 aliphatic rings. The first-order chi connectivity index (χ1) is 8.35. The molecule has 0 saturated heterocycles. The Balaban J connectivity index is 2.12. The predicted molar refractivity (Wildman–Crippen MR) is 76.2 cm³/mol. The zero-order valence-corrected chi connectivity index (χ0v) is 12.3. The van der Waals surface area contributed by atoms with E-state index in [1.54, 1.807) is 0 Å². The molecule has 1 amide bonds. The Morgan fingerprint density at radius 2 is 2.17 bits per heavy atom. The fraction of sp³-hybridized carbons (Fsp3) is 0.462. The lowest BCUT2D eigenvalue weighted by molar-refractivity contribution is 0.0636. The number of amides is 1. The SMILES string of the molecule is CC(C)(C)OC(=O)Nc1cc2c(cc1Br)CCN2. The second-order valence-corrected chi connectivity index (χ2v) is 6.15. The van der Waals surface area contributed by atoms with E-state index in [1.807, 2.05) is 32.9 Å². The fourth-order valence-electron chi connectivity index (χ4n) is 1.83. The maximum atomic E-state index is 11.7. The molecule has 0 saturated carbocycles. The molecule has 0 atom stereocenters. The molecule has 1 aromatic carbocycles. The minimum absolute atomic E-state index is 0.443. The van der Waals surface area contributed by atoms with Crippen LogP contribution in [0, 0.1) is 0 Å². The van der Waals surface area contributed by atoms with Crippen molar-refractivity contribution in [3.05, 3.63) is 22.2 Å². The molecule has 4 nitrogen and oxygen atoms in total. The summed E-state index contributed by atoms with van der Waals surface area (Å²) in [6.07, 6.45) is 0.571. The molecule has 98 valence electrons. The van der Waals surface area contributed by atoms with Gasteiger partial charge in [-0.2, -0.15) is 0 Å². The number of rotatable bonds is 1. The van der Waals surface area contributed by atoms with E-state index in [0.717, 1.165) is 28.8 Å². The van der Waals surface area contributed by atoms with Gasteiger partial charge in [-0.15, -0.1) is 0 Å². The Labute approximate surface area is 115 Å². The van der Waals surface area contributed by atoms with Gasteiger partial charge in [-0.1, -0.05) is 0 Å². The Morgan fingerprint density at radius 3 is 2.83 bits per heavy atom. The van der Waals surface area contributed by atoms with Crippen molar-refractivity contribution >= 4 is 33.4 Å². The normalized spacial score (nSPS) is 13.8. The largest absolute Gasteiger partial charge is 0.444 e. The van der Waals surface area contributed by atoms with Crippen molar-refractivity contribution in [2.75, 3.05) is 17.2 Å². The van der Waals surface area contributed by atoms with Crippen molar-refractivity contribution < 1.29 is 9.53 Å². The van der Waals surface area contributed by atoms with E-state index in [4.69, 9.17) is 4.74 Å². The Kier molecular flexibility index (Phi) is 3.52. The minimum Gasteiger partial charge on any atom is -0.444 e. The molecule has 5 heteroatoms. The first-order valence-corrected chi connectivity index (χ1v) is 6.71. The van der Waals surface area contributed by atoms with Gasteiger partial charge in [0.2, 0.25) is 0 Å². The van der Waals surface area contributed by atoms with Crippen molar-refractivity contribution in [2.45, 2.75) is 32.8 Å². The van der Waals surface area contributed by atoms with Crippen LogP contribution < -0.4 is 10.6 Å². The molecule has 0 unspecified atom stereocenters. The third-order valence-corrected chi connectivity index (χ3v) is 3.19. The molecular weight excluding hydrogens is 296 g/mol. The van der Waals surface area contributed by atoms with Crippen LogP contribution in [0.15, 0.2) is 16.6 Å². The quantitative estimate of drug-likeness (QED) is 0.830. The summed E-state index contributed by atoms with van der Waals surface area (Å²) >= 11 is 3.46. The second kappa shape index (κ2) is 4.80. The Hall–Kier alpha value is -1.23. The van der Waals surface area contributed by atoms with Crippen LogP contribution in [0.25, 0.3) is 0 Å². The highest BCUT2D eigenvalue weighted by Crippen LogP contribution is 2.32. The number of anilines is 2. The predicted octanol–water partition coefficient (Wildman–Crippen LogP) is 3.76. The van der Waals surface area contributed by atoms with Crippen LogP contribution in [-0.4, -0.2) is 18.2 Å². The molecule has 2 N–H and O–H groups in total. The van der Waals surface area contributed by atoms with Crippen LogP contribution in [0.3, 0.4) is 0 Å². The summed E-state index contributed by atoms with van der Waals surface area (Å²) in [6.45, 7) is 6.46. The van der Waals surface area contributed by atoms with Crippen LogP contribution in [0.1, 0.15) is 26.3 Å². The zero-order chi connectivity index (χ0) is 13.3. The maximum absolute atomic E-state index is 11.7. The lowest BCUT2D eigenvalue weighted by Gasteiger charge is -2.20. The number of carbonyl (C=O) groups excluding carboxylic acids is 1. The number of fused-ring (bicyclic) bond motifs is 1. The van der Waals surface area contributed by atoms with Crippen LogP contribution in [0.4, 0.5) is 16.2 Å². The number of halogens is 1. The molecule has 0 radical (unpaired) electrons. The summed E-state index contributed by atoms with van der Waals surface area (Å²) in [6, 6.07) is 3.96. The number of hydrogen-bond acceptors (Lipinski definition) is 3. The van der Waals surface area contributed by atoms with E-state index in [-0.39, 0.29) is 0 Å². The smallest absolute Gasteiger partial charge is 0.412 e. The van der Waals surface area contributed by atoms with Crippen molar-refractivity contribution in [3.8, 4) is 0 Å². The molecular formula is C13H17BrN2O2. The van der Waals surface area contributed by atoms with Gasteiger partial charge in [-0.05, 0) is 60.8 Å². The van der Waals surface area contributed by atoms with Gasteiger partial charge in [0.15, 0.2) is 0 Å². The van der Waals surface area contributed by atoms with E-state index in [9.17, 15) is 4.79 Å². The first-order valence-electron chi connectivity index (χ1n) is 5.91. The topological polar surface area (TPSA) is 50.4 Å². The maximum Gasteiger partial charge on any atom is 0.412 e. The highest BCUT2D eigenvalue weighted by atomic mass is 79.9. The third-order valence-electron chi connectivity index (χ3n) is 2.54. The van der Waals surface area contributed by atoms with E-state index >= 15 is 0 Å². The van der Waals surface area contributed by atoms with Gasteiger partial charge in [-0.3, -0.25) is 5.32 Å². The fourth-order valence-corrected chi connectivity index (χ4v) is 2.32. The van der Waals surface area contributed by atoms with Crippen LogP contribution in [0.5, 0.6) is 0 Å².